The second-order valence-corrected chi connectivity index (χ2v) is 6.86. The lowest BCUT2D eigenvalue weighted by atomic mass is 10.1. The second kappa shape index (κ2) is 9.16. The van der Waals surface area contributed by atoms with E-state index in [2.05, 4.69) is 46.7 Å². The molecule has 0 aliphatic rings. The van der Waals surface area contributed by atoms with Crippen molar-refractivity contribution in [3.63, 3.8) is 0 Å². The molecule has 0 fully saturated rings. The molecule has 0 unspecified atom stereocenters. The van der Waals surface area contributed by atoms with Crippen LogP contribution in [-0.2, 0) is 13.0 Å². The maximum Gasteiger partial charge on any atom is 0.141 e. The van der Waals surface area contributed by atoms with Crippen LogP contribution in [0.1, 0.15) is 22.4 Å². The molecule has 25 heavy (non-hydrogen) atoms. The topological polar surface area (TPSA) is 50.4 Å². The van der Waals surface area contributed by atoms with E-state index >= 15 is 0 Å². The van der Waals surface area contributed by atoms with Crippen LogP contribution < -0.4 is 11.1 Å². The number of nitrogens with one attached hydrogen (secondary N) is 1. The summed E-state index contributed by atoms with van der Waals surface area (Å²) in [5.41, 5.74) is 9.60. The van der Waals surface area contributed by atoms with Crippen LogP contribution in [0.4, 0.5) is 5.69 Å². The van der Waals surface area contributed by atoms with Gasteiger partial charge in [-0.15, -0.1) is 11.3 Å². The SMILES string of the molecule is NC(=Nc1cccc(CCCNCc2ccccc2)c1)c1cccs1. The molecule has 3 aromatic rings. The minimum absolute atomic E-state index is 0.580. The van der Waals surface area contributed by atoms with E-state index in [4.69, 9.17) is 5.73 Å². The van der Waals surface area contributed by atoms with Crippen molar-refractivity contribution in [2.45, 2.75) is 19.4 Å². The normalized spacial score (nSPS) is 11.6. The van der Waals surface area contributed by atoms with Gasteiger partial charge in [0.1, 0.15) is 5.84 Å². The number of nitrogens with zero attached hydrogens (tertiary/aromatic N) is 1. The number of aliphatic imine (C=N–C) groups is 1. The van der Waals surface area contributed by atoms with E-state index in [1.54, 1.807) is 11.3 Å². The number of aryl methyl sites for hydroxylation is 1. The molecule has 0 atom stereocenters. The monoisotopic (exact) mass is 349 g/mol. The lowest BCUT2D eigenvalue weighted by Crippen LogP contribution is -2.15. The van der Waals surface area contributed by atoms with Gasteiger partial charge in [-0.2, -0.15) is 0 Å². The van der Waals surface area contributed by atoms with Crippen LogP contribution in [0.2, 0.25) is 0 Å². The van der Waals surface area contributed by atoms with Gasteiger partial charge in [0, 0.05) is 6.54 Å². The van der Waals surface area contributed by atoms with Crippen LogP contribution >= 0.6 is 11.3 Å². The molecule has 0 radical (unpaired) electrons. The molecule has 2 aromatic carbocycles. The summed E-state index contributed by atoms with van der Waals surface area (Å²) >= 11 is 1.61. The average molecular weight is 350 g/mol. The zero-order valence-electron chi connectivity index (χ0n) is 14.2. The van der Waals surface area contributed by atoms with E-state index in [9.17, 15) is 0 Å². The van der Waals surface area contributed by atoms with Crippen LogP contribution in [0.25, 0.3) is 0 Å². The van der Waals surface area contributed by atoms with Crippen molar-refractivity contribution in [3.8, 4) is 0 Å². The van der Waals surface area contributed by atoms with Crippen LogP contribution in [0, 0.1) is 0 Å². The van der Waals surface area contributed by atoms with Crippen molar-refractivity contribution >= 4 is 22.9 Å². The molecule has 0 bridgehead atoms. The van der Waals surface area contributed by atoms with Crippen LogP contribution in [0.3, 0.4) is 0 Å². The highest BCUT2D eigenvalue weighted by molar-refractivity contribution is 7.12. The standard InChI is InChI=1S/C21H23N3S/c22-21(20-12-6-14-25-20)24-19-11-4-9-17(15-19)10-5-13-23-16-18-7-2-1-3-8-18/h1-4,6-9,11-12,14-15,23H,5,10,13,16H2,(H2,22,24). The van der Waals surface area contributed by atoms with Gasteiger partial charge >= 0.3 is 0 Å². The zero-order valence-corrected chi connectivity index (χ0v) is 15.0. The summed E-state index contributed by atoms with van der Waals surface area (Å²) < 4.78 is 0. The zero-order chi connectivity index (χ0) is 17.3. The second-order valence-electron chi connectivity index (χ2n) is 5.91. The van der Waals surface area contributed by atoms with E-state index in [-0.39, 0.29) is 0 Å². The Morgan fingerprint density at radius 2 is 1.80 bits per heavy atom. The van der Waals surface area contributed by atoms with E-state index in [0.717, 1.165) is 36.5 Å². The van der Waals surface area contributed by atoms with Gasteiger partial charge in [0.25, 0.3) is 0 Å². The average Bonchev–Trinajstić information content (AvgIpc) is 3.17. The lowest BCUT2D eigenvalue weighted by molar-refractivity contribution is 0.649. The predicted molar refractivity (Wildman–Crippen MR) is 108 cm³/mol. The Morgan fingerprint density at radius 3 is 2.60 bits per heavy atom. The van der Waals surface area contributed by atoms with E-state index in [0.29, 0.717) is 5.84 Å². The molecule has 0 saturated carbocycles. The van der Waals surface area contributed by atoms with Crippen molar-refractivity contribution in [2.24, 2.45) is 10.7 Å². The fourth-order valence-corrected chi connectivity index (χ4v) is 3.27. The molecule has 3 nitrogen and oxygen atoms in total. The Morgan fingerprint density at radius 1 is 0.960 bits per heavy atom. The first-order valence-corrected chi connectivity index (χ1v) is 9.41. The van der Waals surface area contributed by atoms with Crippen molar-refractivity contribution in [3.05, 3.63) is 88.1 Å². The Kier molecular flexibility index (Phi) is 6.37. The molecule has 1 aromatic heterocycles. The van der Waals surface area contributed by atoms with Gasteiger partial charge in [-0.1, -0.05) is 48.5 Å². The Balaban J connectivity index is 1.48. The Hall–Kier alpha value is -2.43. The molecule has 0 amide bonds. The summed E-state index contributed by atoms with van der Waals surface area (Å²) in [6.07, 6.45) is 2.13. The van der Waals surface area contributed by atoms with Gasteiger partial charge in [0.05, 0.1) is 10.6 Å². The van der Waals surface area contributed by atoms with Gasteiger partial charge in [-0.05, 0) is 54.1 Å². The lowest BCUT2D eigenvalue weighted by Gasteiger charge is -2.06. The molecule has 128 valence electrons. The molecule has 0 aliphatic heterocycles. The van der Waals surface area contributed by atoms with Gasteiger partial charge in [-0.3, -0.25) is 0 Å². The number of amidine groups is 1. The number of thiophene rings is 1. The van der Waals surface area contributed by atoms with Gasteiger partial charge < -0.3 is 11.1 Å². The quantitative estimate of drug-likeness (QED) is 0.357. The summed E-state index contributed by atoms with van der Waals surface area (Å²) in [4.78, 5) is 5.55. The first-order valence-electron chi connectivity index (χ1n) is 8.53. The maximum atomic E-state index is 6.07. The van der Waals surface area contributed by atoms with Crippen LogP contribution in [0.5, 0.6) is 0 Å². The first kappa shape index (κ1) is 17.4. The summed E-state index contributed by atoms with van der Waals surface area (Å²) in [6.45, 7) is 1.92. The first-order chi connectivity index (χ1) is 12.3. The summed E-state index contributed by atoms with van der Waals surface area (Å²) in [5.74, 6) is 0.580. The third-order valence-electron chi connectivity index (χ3n) is 3.92. The fourth-order valence-electron chi connectivity index (χ4n) is 2.65. The molecular weight excluding hydrogens is 326 g/mol. The number of nitrogens with two attached hydrogens (primary N) is 1. The third kappa shape index (κ3) is 5.55. The molecule has 3 N–H and O–H groups in total. The highest BCUT2D eigenvalue weighted by Crippen LogP contribution is 2.17. The van der Waals surface area contributed by atoms with Crippen molar-refractivity contribution in [2.75, 3.05) is 6.54 Å². The highest BCUT2D eigenvalue weighted by atomic mass is 32.1. The van der Waals surface area contributed by atoms with Gasteiger partial charge in [-0.25, -0.2) is 4.99 Å². The van der Waals surface area contributed by atoms with E-state index in [1.165, 1.54) is 11.1 Å². The minimum Gasteiger partial charge on any atom is -0.383 e. The highest BCUT2D eigenvalue weighted by Gasteiger charge is 2.01. The molecule has 0 saturated heterocycles. The van der Waals surface area contributed by atoms with Crippen LogP contribution in [-0.4, -0.2) is 12.4 Å². The molecule has 0 aliphatic carbocycles. The third-order valence-corrected chi connectivity index (χ3v) is 4.82. The number of rotatable bonds is 8. The van der Waals surface area contributed by atoms with E-state index < -0.39 is 0 Å². The van der Waals surface area contributed by atoms with Crippen molar-refractivity contribution < 1.29 is 0 Å². The molecule has 3 rings (SSSR count). The Labute approximate surface area is 153 Å². The maximum absolute atomic E-state index is 6.07. The molecule has 0 spiro atoms. The predicted octanol–water partition coefficient (Wildman–Crippen LogP) is 4.51. The number of hydrogen-bond acceptors (Lipinski definition) is 3. The number of hydrogen-bond donors (Lipinski definition) is 2. The summed E-state index contributed by atoms with van der Waals surface area (Å²) in [7, 11) is 0. The molecule has 1 heterocycles. The summed E-state index contributed by atoms with van der Waals surface area (Å²) in [5, 5.41) is 5.50. The van der Waals surface area contributed by atoms with Crippen LogP contribution in [0.15, 0.2) is 77.1 Å². The van der Waals surface area contributed by atoms with Gasteiger partial charge in [0.15, 0.2) is 0 Å². The molecular formula is C21H23N3S. The van der Waals surface area contributed by atoms with Gasteiger partial charge in [0.2, 0.25) is 0 Å². The van der Waals surface area contributed by atoms with E-state index in [1.807, 2.05) is 35.7 Å². The molecule has 4 heteroatoms. The van der Waals surface area contributed by atoms with Crippen molar-refractivity contribution in [1.82, 2.24) is 5.32 Å². The summed E-state index contributed by atoms with van der Waals surface area (Å²) in [6, 6.07) is 22.8. The van der Waals surface area contributed by atoms with Crippen molar-refractivity contribution in [1.29, 1.82) is 0 Å². The Bertz CT molecular complexity index is 795. The largest absolute Gasteiger partial charge is 0.383 e. The fraction of sp³-hybridized carbons (Fsp3) is 0.190. The minimum atomic E-state index is 0.580. The number of benzene rings is 2. The smallest absolute Gasteiger partial charge is 0.141 e.